The molecule has 0 saturated carbocycles. The molecule has 0 spiro atoms. The average molecular weight is 368 g/mol. The molecule has 0 saturated heterocycles. The van der Waals surface area contributed by atoms with E-state index in [0.717, 1.165) is 6.04 Å². The summed E-state index contributed by atoms with van der Waals surface area (Å²) in [6.07, 6.45) is 0. The fourth-order valence-corrected chi connectivity index (χ4v) is 20.2. The molecular formula is C11H37N3OSi5. The summed E-state index contributed by atoms with van der Waals surface area (Å²) in [5, 5.41) is 0. The van der Waals surface area contributed by atoms with E-state index in [4.69, 9.17) is 4.12 Å². The first-order valence-corrected chi connectivity index (χ1v) is 21.6. The highest BCUT2D eigenvalue weighted by Gasteiger charge is 2.41. The van der Waals surface area contributed by atoms with Gasteiger partial charge in [-0.1, -0.05) is 65.8 Å². The van der Waals surface area contributed by atoms with Gasteiger partial charge in [0.05, 0.1) is 0 Å². The Balaban J connectivity index is 4.92. The van der Waals surface area contributed by atoms with Crippen LogP contribution in [0.3, 0.4) is 0 Å². The van der Waals surface area contributed by atoms with E-state index < -0.39 is 43.3 Å². The van der Waals surface area contributed by atoms with Gasteiger partial charge in [-0.25, -0.2) is 0 Å². The Morgan fingerprint density at radius 2 is 1.15 bits per heavy atom. The summed E-state index contributed by atoms with van der Waals surface area (Å²) in [6.45, 7) is 23.5. The van der Waals surface area contributed by atoms with Gasteiger partial charge in [0.25, 0.3) is 0 Å². The van der Waals surface area contributed by atoms with Crippen molar-refractivity contribution in [3.8, 4) is 0 Å². The van der Waals surface area contributed by atoms with Crippen molar-refractivity contribution in [2.75, 3.05) is 0 Å². The normalized spacial score (nSPS) is 15.3. The van der Waals surface area contributed by atoms with Crippen molar-refractivity contribution in [1.82, 2.24) is 13.9 Å². The maximum atomic E-state index is 6.56. The lowest BCUT2D eigenvalue weighted by atomic mass is 11.0. The minimum atomic E-state index is -2.00. The fraction of sp³-hybridized carbons (Fsp3) is 1.00. The minimum Gasteiger partial charge on any atom is -0.427 e. The topological polar surface area (TPSA) is 45.3 Å². The van der Waals surface area contributed by atoms with Gasteiger partial charge in [-0.3, -0.25) is 0 Å². The van der Waals surface area contributed by atoms with Gasteiger partial charge in [0.15, 0.2) is 0 Å². The second kappa shape index (κ2) is 7.46. The number of hydrogen-bond acceptors (Lipinski definition) is 4. The maximum absolute atomic E-state index is 6.56. The molecule has 20 heavy (non-hydrogen) atoms. The van der Waals surface area contributed by atoms with Gasteiger partial charge in [0.2, 0.25) is 9.92 Å². The Kier molecular flexibility index (Phi) is 7.81. The van der Waals surface area contributed by atoms with Crippen LogP contribution in [-0.4, -0.2) is 43.3 Å². The van der Waals surface area contributed by atoms with Crippen molar-refractivity contribution in [2.45, 2.75) is 71.9 Å². The van der Waals surface area contributed by atoms with Gasteiger partial charge < -0.3 is 18.1 Å². The molecule has 4 nitrogen and oxygen atoms in total. The highest BCUT2D eigenvalue weighted by molar-refractivity contribution is 6.96. The Morgan fingerprint density at radius 1 is 0.750 bits per heavy atom. The van der Waals surface area contributed by atoms with Gasteiger partial charge in [-0.05, 0) is 6.04 Å². The summed E-state index contributed by atoms with van der Waals surface area (Å²) in [5.74, 6) is 0. The molecule has 0 unspecified atom stereocenters. The van der Waals surface area contributed by atoms with E-state index in [1.54, 1.807) is 0 Å². The molecule has 0 aromatic heterocycles. The zero-order valence-corrected chi connectivity index (χ0v) is 20.7. The van der Waals surface area contributed by atoms with Crippen LogP contribution in [-0.2, 0) is 4.12 Å². The third-order valence-electron chi connectivity index (χ3n) is 2.57. The summed E-state index contributed by atoms with van der Waals surface area (Å²) in [5.41, 5.74) is 0. The summed E-state index contributed by atoms with van der Waals surface area (Å²) in [6, 6.07) is 1.10. The zero-order chi connectivity index (χ0) is 16.2. The summed E-state index contributed by atoms with van der Waals surface area (Å²) >= 11 is 0. The highest BCUT2D eigenvalue weighted by atomic mass is 28.5. The summed E-state index contributed by atoms with van der Waals surface area (Å²) in [7, 11) is -6.57. The molecule has 0 heterocycles. The predicted molar refractivity (Wildman–Crippen MR) is 105 cm³/mol. The summed E-state index contributed by atoms with van der Waals surface area (Å²) < 4.78 is 18.2. The SMILES string of the molecule is CC[Si](N[Si](C)(C)C)(N[Si](C)(C)C)O[SiH2]N[Si](C)(C)C. The van der Waals surface area contributed by atoms with Crippen molar-refractivity contribution in [3.05, 3.63) is 0 Å². The van der Waals surface area contributed by atoms with Gasteiger partial charge in [-0.2, -0.15) is 0 Å². The second-order valence-electron chi connectivity index (χ2n) is 8.65. The maximum Gasteiger partial charge on any atom is 0.328 e. The van der Waals surface area contributed by atoms with Crippen LogP contribution in [0.4, 0.5) is 0 Å². The molecule has 0 amide bonds. The van der Waals surface area contributed by atoms with E-state index in [1.165, 1.54) is 0 Å². The number of rotatable bonds is 9. The predicted octanol–water partition coefficient (Wildman–Crippen LogP) is 2.23. The van der Waals surface area contributed by atoms with Gasteiger partial charge in [-0.15, -0.1) is 0 Å². The number of hydrogen-bond donors (Lipinski definition) is 3. The molecule has 0 aliphatic heterocycles. The molecule has 0 aromatic carbocycles. The molecule has 0 aliphatic rings. The molecule has 0 radical (unpaired) electrons. The van der Waals surface area contributed by atoms with Crippen molar-refractivity contribution in [1.29, 1.82) is 0 Å². The molecule has 0 bridgehead atoms. The Labute approximate surface area is 133 Å². The monoisotopic (exact) mass is 367 g/mol. The largest absolute Gasteiger partial charge is 0.427 e. The molecule has 0 atom stereocenters. The van der Waals surface area contributed by atoms with E-state index in [-0.39, 0.29) is 0 Å². The van der Waals surface area contributed by atoms with E-state index in [9.17, 15) is 0 Å². The quantitative estimate of drug-likeness (QED) is 0.547. The van der Waals surface area contributed by atoms with Gasteiger partial charge >= 0.3 is 8.64 Å². The highest BCUT2D eigenvalue weighted by Crippen LogP contribution is 2.12. The fourth-order valence-electron chi connectivity index (χ4n) is 1.97. The number of nitrogens with one attached hydrogen (secondary N) is 3. The van der Waals surface area contributed by atoms with Crippen molar-refractivity contribution < 1.29 is 4.12 Å². The van der Waals surface area contributed by atoms with Crippen molar-refractivity contribution >= 4 is 43.3 Å². The zero-order valence-electron chi connectivity index (χ0n) is 15.3. The van der Waals surface area contributed by atoms with Gasteiger partial charge in [0, 0.05) is 0 Å². The molecule has 0 aliphatic carbocycles. The lowest BCUT2D eigenvalue weighted by molar-refractivity contribution is 0.545. The molecule has 0 fully saturated rings. The van der Waals surface area contributed by atoms with Gasteiger partial charge in [0.1, 0.15) is 24.7 Å². The lowest BCUT2D eigenvalue weighted by Crippen LogP contribution is -2.76. The van der Waals surface area contributed by atoms with Crippen LogP contribution >= 0.6 is 0 Å². The Bertz CT molecular complexity index is 280. The van der Waals surface area contributed by atoms with Crippen molar-refractivity contribution in [3.63, 3.8) is 0 Å². The van der Waals surface area contributed by atoms with Crippen LogP contribution in [0.5, 0.6) is 0 Å². The first-order chi connectivity index (χ1) is 8.68. The average Bonchev–Trinajstić information content (AvgIpc) is 2.09. The van der Waals surface area contributed by atoms with Crippen LogP contribution in [0.15, 0.2) is 0 Å². The standard InChI is InChI=1S/C11H37N3OSi5/c1-11-20(13-18(5,6)7,14-19(8,9)10)15-16-12-17(2,3)4/h12-14H,11,16H2,1-10H3. The van der Waals surface area contributed by atoms with Crippen LogP contribution in [0.25, 0.3) is 0 Å². The second-order valence-corrected chi connectivity index (χ2v) is 29.4. The van der Waals surface area contributed by atoms with E-state index in [0.29, 0.717) is 0 Å². The first-order valence-electron chi connectivity index (χ1n) is 7.66. The molecular weight excluding hydrogens is 331 g/mol. The van der Waals surface area contributed by atoms with E-state index in [2.05, 4.69) is 79.8 Å². The van der Waals surface area contributed by atoms with E-state index >= 15 is 0 Å². The van der Waals surface area contributed by atoms with Crippen molar-refractivity contribution in [2.24, 2.45) is 0 Å². The molecule has 3 N–H and O–H groups in total. The third kappa shape index (κ3) is 10.6. The van der Waals surface area contributed by atoms with E-state index in [1.807, 2.05) is 0 Å². The molecule has 0 aromatic rings. The summed E-state index contributed by atoms with van der Waals surface area (Å²) in [4.78, 5) is 0. The lowest BCUT2D eigenvalue weighted by Gasteiger charge is -2.41. The third-order valence-corrected chi connectivity index (χ3v) is 20.2. The molecule has 9 heteroatoms. The Morgan fingerprint density at radius 3 is 1.40 bits per heavy atom. The van der Waals surface area contributed by atoms with Crippen LogP contribution in [0.2, 0.25) is 65.0 Å². The first kappa shape index (κ1) is 20.9. The Hall–Kier alpha value is 0.924. The smallest absolute Gasteiger partial charge is 0.328 e. The minimum absolute atomic E-state index is 0.653. The molecule has 122 valence electrons. The van der Waals surface area contributed by atoms with Crippen LogP contribution in [0, 0.1) is 0 Å². The molecule has 0 rings (SSSR count). The van der Waals surface area contributed by atoms with Crippen LogP contribution in [0.1, 0.15) is 6.92 Å². The van der Waals surface area contributed by atoms with Crippen LogP contribution < -0.4 is 13.9 Å².